The minimum Gasteiger partial charge on any atom is -0.122 e. The fourth-order valence-corrected chi connectivity index (χ4v) is 5.59. The van der Waals surface area contributed by atoms with Gasteiger partial charge in [-0.1, -0.05) is 0 Å². The lowest BCUT2D eigenvalue weighted by molar-refractivity contribution is 0.182. The summed E-state index contributed by atoms with van der Waals surface area (Å²) in [6.07, 6.45) is 0. The summed E-state index contributed by atoms with van der Waals surface area (Å²) in [4.78, 5) is 0. The van der Waals surface area contributed by atoms with E-state index in [2.05, 4.69) is 0 Å². The summed E-state index contributed by atoms with van der Waals surface area (Å²) in [5.74, 6) is 5.44. The van der Waals surface area contributed by atoms with E-state index in [4.69, 9.17) is 23.2 Å². The van der Waals surface area contributed by atoms with E-state index < -0.39 is 0 Å². The van der Waals surface area contributed by atoms with E-state index in [1.807, 2.05) is 0 Å². The molecule has 54 valence electrons. The second-order valence-electron chi connectivity index (χ2n) is 4.35. The fourth-order valence-electron chi connectivity index (χ4n) is 4.25. The Hall–Kier alpha value is 0.580. The van der Waals surface area contributed by atoms with Crippen LogP contribution in [-0.4, -0.2) is 10.8 Å². The molecule has 5 rings (SSSR count). The minimum atomic E-state index is 0.528. The Kier molecular flexibility index (Phi) is 0.615. The molecule has 0 aromatic carbocycles. The first kappa shape index (κ1) is 5.27. The topological polar surface area (TPSA) is 0 Å². The summed E-state index contributed by atoms with van der Waals surface area (Å²) in [5, 5.41) is 1.06. The van der Waals surface area contributed by atoms with Crippen molar-refractivity contribution in [3.05, 3.63) is 0 Å². The Morgan fingerprint density at radius 1 is 0.500 bits per heavy atom. The summed E-state index contributed by atoms with van der Waals surface area (Å²) in [6.45, 7) is 0. The average Bonchev–Trinajstić information content (AvgIpc) is 2.23. The zero-order valence-electron chi connectivity index (χ0n) is 5.37. The van der Waals surface area contributed by atoms with Gasteiger partial charge in [0.1, 0.15) is 0 Å². The standard InChI is InChI=1S/C8H8Cl2/c9-7-3-1-2(3)5-6(7)4(1)8(5)10/h1-8H/t1-,2-,3?,4-,5-,6?,7-,8?/m0/s1. The first-order chi connectivity index (χ1) is 4.82. The highest BCUT2D eigenvalue weighted by molar-refractivity contribution is 6.25. The summed E-state index contributed by atoms with van der Waals surface area (Å²) in [7, 11) is 0. The normalized spacial score (nSPS) is 87.0. The van der Waals surface area contributed by atoms with Crippen molar-refractivity contribution in [1.29, 1.82) is 0 Å². The van der Waals surface area contributed by atoms with E-state index in [1.54, 1.807) is 0 Å². The molecule has 0 saturated heterocycles. The van der Waals surface area contributed by atoms with Gasteiger partial charge in [0.05, 0.1) is 0 Å². The van der Waals surface area contributed by atoms with Gasteiger partial charge in [-0.25, -0.2) is 0 Å². The molecule has 10 heavy (non-hydrogen) atoms. The van der Waals surface area contributed by atoms with E-state index in [0.29, 0.717) is 10.8 Å². The largest absolute Gasteiger partial charge is 0.122 e. The molecule has 5 fully saturated rings. The molecular formula is C8H8Cl2. The van der Waals surface area contributed by atoms with Crippen molar-refractivity contribution in [2.45, 2.75) is 10.8 Å². The van der Waals surface area contributed by atoms with Crippen LogP contribution in [-0.2, 0) is 0 Å². The van der Waals surface area contributed by atoms with Crippen molar-refractivity contribution in [3.8, 4) is 0 Å². The molecule has 5 saturated carbocycles. The van der Waals surface area contributed by atoms with E-state index in [0.717, 1.165) is 35.5 Å². The lowest BCUT2D eigenvalue weighted by Crippen LogP contribution is -2.41. The van der Waals surface area contributed by atoms with Gasteiger partial charge in [0, 0.05) is 10.8 Å². The minimum absolute atomic E-state index is 0.528. The third kappa shape index (κ3) is 0.272. The van der Waals surface area contributed by atoms with Crippen molar-refractivity contribution in [2.75, 3.05) is 0 Å². The van der Waals surface area contributed by atoms with Crippen LogP contribution in [0.2, 0.25) is 0 Å². The molecule has 6 bridgehead atoms. The Labute approximate surface area is 69.9 Å². The van der Waals surface area contributed by atoms with Gasteiger partial charge in [-0.05, 0) is 35.5 Å². The first-order valence-corrected chi connectivity index (χ1v) is 4.98. The second kappa shape index (κ2) is 1.17. The molecule has 0 aromatic heterocycles. The van der Waals surface area contributed by atoms with Crippen LogP contribution in [0.1, 0.15) is 0 Å². The van der Waals surface area contributed by atoms with Gasteiger partial charge in [-0.3, -0.25) is 0 Å². The maximum absolute atomic E-state index is 6.23. The number of hydrogen-bond donors (Lipinski definition) is 0. The van der Waals surface area contributed by atoms with Crippen LogP contribution in [0.3, 0.4) is 0 Å². The Morgan fingerprint density at radius 3 is 1.10 bits per heavy atom. The third-order valence-corrected chi connectivity index (χ3v) is 5.60. The summed E-state index contributed by atoms with van der Waals surface area (Å²) in [6, 6.07) is 0. The van der Waals surface area contributed by atoms with E-state index >= 15 is 0 Å². The third-order valence-electron chi connectivity index (χ3n) is 4.44. The van der Waals surface area contributed by atoms with Crippen molar-refractivity contribution in [2.24, 2.45) is 35.5 Å². The molecule has 5 aliphatic rings. The van der Waals surface area contributed by atoms with E-state index in [1.165, 1.54) is 0 Å². The van der Waals surface area contributed by atoms with Crippen LogP contribution in [0.15, 0.2) is 0 Å². The fraction of sp³-hybridized carbons (Fsp3) is 1.00. The predicted molar refractivity (Wildman–Crippen MR) is 40.2 cm³/mol. The molecule has 0 spiro atoms. The van der Waals surface area contributed by atoms with Crippen molar-refractivity contribution >= 4 is 23.2 Å². The summed E-state index contributed by atoms with van der Waals surface area (Å²) >= 11 is 12.4. The molecule has 0 aliphatic heterocycles. The van der Waals surface area contributed by atoms with Crippen LogP contribution in [0, 0.1) is 35.5 Å². The monoisotopic (exact) mass is 174 g/mol. The lowest BCUT2D eigenvalue weighted by atomic mass is 9.73. The smallest absolute Gasteiger partial charge is 0.0404 e. The molecule has 0 radical (unpaired) electrons. The van der Waals surface area contributed by atoms with Gasteiger partial charge in [0.25, 0.3) is 0 Å². The van der Waals surface area contributed by atoms with E-state index in [-0.39, 0.29) is 0 Å². The zero-order chi connectivity index (χ0) is 6.62. The van der Waals surface area contributed by atoms with Crippen LogP contribution in [0.25, 0.3) is 0 Å². The van der Waals surface area contributed by atoms with Gasteiger partial charge in [0.2, 0.25) is 0 Å². The molecule has 0 N–H and O–H groups in total. The second-order valence-corrected chi connectivity index (χ2v) is 5.36. The SMILES string of the molecule is ClC1[C@@H]2C3[C@@H](Cl)C4[C@@H]2[C@@H]4[C@H]13. The Morgan fingerprint density at radius 2 is 0.800 bits per heavy atom. The lowest BCUT2D eigenvalue weighted by Gasteiger charge is -2.39. The van der Waals surface area contributed by atoms with Crippen LogP contribution in [0.5, 0.6) is 0 Å². The van der Waals surface area contributed by atoms with Crippen LogP contribution >= 0.6 is 23.2 Å². The molecular weight excluding hydrogens is 167 g/mol. The van der Waals surface area contributed by atoms with Gasteiger partial charge >= 0.3 is 0 Å². The molecule has 0 aromatic rings. The number of hydrogen-bond acceptors (Lipinski definition) is 0. The van der Waals surface area contributed by atoms with Gasteiger partial charge in [0.15, 0.2) is 0 Å². The molecule has 2 heteroatoms. The van der Waals surface area contributed by atoms with E-state index in [9.17, 15) is 0 Å². The summed E-state index contributed by atoms with van der Waals surface area (Å²) in [5.41, 5.74) is 0. The van der Waals surface area contributed by atoms with Crippen LogP contribution < -0.4 is 0 Å². The molecule has 0 heterocycles. The highest BCUT2D eigenvalue weighted by Gasteiger charge is 2.86. The summed E-state index contributed by atoms with van der Waals surface area (Å²) < 4.78 is 0. The quantitative estimate of drug-likeness (QED) is 0.493. The number of halogens is 2. The van der Waals surface area contributed by atoms with Crippen molar-refractivity contribution < 1.29 is 0 Å². The number of rotatable bonds is 0. The van der Waals surface area contributed by atoms with Gasteiger partial charge < -0.3 is 0 Å². The highest BCUT2D eigenvalue weighted by atomic mass is 35.5. The van der Waals surface area contributed by atoms with Crippen molar-refractivity contribution in [1.82, 2.24) is 0 Å². The highest BCUT2D eigenvalue weighted by Crippen LogP contribution is 2.86. The number of alkyl halides is 2. The van der Waals surface area contributed by atoms with Crippen molar-refractivity contribution in [3.63, 3.8) is 0 Å². The zero-order valence-corrected chi connectivity index (χ0v) is 6.89. The molecule has 0 nitrogen and oxygen atoms in total. The molecule has 0 amide bonds. The maximum Gasteiger partial charge on any atom is 0.0404 e. The average molecular weight is 175 g/mol. The van der Waals surface area contributed by atoms with Crippen LogP contribution in [0.4, 0.5) is 0 Å². The van der Waals surface area contributed by atoms with Gasteiger partial charge in [-0.15, -0.1) is 23.2 Å². The molecule has 5 atom stereocenters. The Bertz CT molecular complexity index is 209. The predicted octanol–water partition coefficient (Wildman–Crippen LogP) is 1.95. The first-order valence-electron chi connectivity index (χ1n) is 4.10. The van der Waals surface area contributed by atoms with Gasteiger partial charge in [-0.2, -0.15) is 0 Å². The Balaban J connectivity index is 1.92. The molecule has 0 unspecified atom stereocenters. The molecule has 5 aliphatic carbocycles. The maximum atomic E-state index is 6.23.